The molecule has 1 N–H and O–H groups in total. The summed E-state index contributed by atoms with van der Waals surface area (Å²) in [7, 11) is 1.52. The molecule has 0 fully saturated rings. The number of hydrogen-bond donors (Lipinski definition) is 1. The van der Waals surface area contributed by atoms with Crippen LogP contribution in [0.5, 0.6) is 17.4 Å². The molecule has 0 atom stereocenters. The number of para-hydroxylation sites is 1. The van der Waals surface area contributed by atoms with E-state index in [0.717, 1.165) is 0 Å². The van der Waals surface area contributed by atoms with E-state index in [1.54, 1.807) is 24.3 Å². The molecule has 1 aromatic carbocycles. The van der Waals surface area contributed by atoms with Crippen LogP contribution in [0.4, 0.5) is 5.82 Å². The molecule has 2 rings (SSSR count). The predicted octanol–water partition coefficient (Wildman–Crippen LogP) is 2.58. The van der Waals surface area contributed by atoms with Gasteiger partial charge < -0.3 is 14.8 Å². The molecule has 6 nitrogen and oxygen atoms in total. The molecule has 0 aliphatic heterocycles. The smallest absolute Gasteiger partial charge is 0.268 e. The largest absolute Gasteiger partial charge is 0.489 e. The van der Waals surface area contributed by atoms with Crippen molar-refractivity contribution in [1.82, 2.24) is 9.97 Å². The Bertz CT molecular complexity index is 637. The number of rotatable bonds is 5. The van der Waals surface area contributed by atoms with Gasteiger partial charge in [-0.05, 0) is 19.1 Å². The van der Waals surface area contributed by atoms with Crippen LogP contribution in [0.2, 0.25) is 0 Å². The Balaban J connectivity index is 2.38. The highest BCUT2D eigenvalue weighted by atomic mass is 16.5. The van der Waals surface area contributed by atoms with Crippen molar-refractivity contribution in [2.75, 3.05) is 19.0 Å². The Morgan fingerprint density at radius 2 is 2.10 bits per heavy atom. The van der Waals surface area contributed by atoms with Crippen LogP contribution in [0.15, 0.2) is 30.6 Å². The molecule has 0 radical (unpaired) electrons. The molecule has 2 aromatic rings. The Morgan fingerprint density at radius 3 is 2.80 bits per heavy atom. The SMILES string of the molecule is CCNc1ncnc(Oc2ccccc2C#N)c1OC. The summed E-state index contributed by atoms with van der Waals surface area (Å²) in [5, 5.41) is 12.1. The highest BCUT2D eigenvalue weighted by Gasteiger charge is 2.15. The van der Waals surface area contributed by atoms with Gasteiger partial charge >= 0.3 is 0 Å². The van der Waals surface area contributed by atoms with Crippen molar-refractivity contribution in [1.29, 1.82) is 5.26 Å². The van der Waals surface area contributed by atoms with Crippen LogP contribution >= 0.6 is 0 Å². The highest BCUT2D eigenvalue weighted by Crippen LogP contribution is 2.34. The second-order valence-electron chi connectivity index (χ2n) is 3.80. The van der Waals surface area contributed by atoms with Gasteiger partial charge in [-0.2, -0.15) is 10.2 Å². The molecule has 102 valence electrons. The number of ether oxygens (including phenoxy) is 2. The van der Waals surface area contributed by atoms with E-state index in [1.165, 1.54) is 13.4 Å². The third kappa shape index (κ3) is 2.78. The minimum atomic E-state index is 0.265. The van der Waals surface area contributed by atoms with Gasteiger partial charge in [-0.3, -0.25) is 0 Å². The molecule has 20 heavy (non-hydrogen) atoms. The second kappa shape index (κ2) is 6.38. The van der Waals surface area contributed by atoms with E-state index in [1.807, 2.05) is 6.92 Å². The van der Waals surface area contributed by atoms with E-state index < -0.39 is 0 Å². The summed E-state index contributed by atoms with van der Waals surface area (Å²) in [6.45, 7) is 2.65. The molecule has 1 aromatic heterocycles. The molecule has 0 aliphatic rings. The average Bonchev–Trinajstić information content (AvgIpc) is 2.48. The van der Waals surface area contributed by atoms with Crippen LogP contribution in [0, 0.1) is 11.3 Å². The summed E-state index contributed by atoms with van der Waals surface area (Å²) in [5.74, 6) is 1.65. The lowest BCUT2D eigenvalue weighted by Crippen LogP contribution is -2.04. The van der Waals surface area contributed by atoms with Crippen LogP contribution in [-0.4, -0.2) is 23.6 Å². The first-order chi connectivity index (χ1) is 9.80. The summed E-state index contributed by atoms with van der Waals surface area (Å²) in [5.41, 5.74) is 0.429. The molecule has 0 spiro atoms. The molecule has 0 bridgehead atoms. The lowest BCUT2D eigenvalue weighted by Gasteiger charge is -2.13. The Morgan fingerprint density at radius 1 is 1.30 bits per heavy atom. The summed E-state index contributed by atoms with van der Waals surface area (Å²) < 4.78 is 11.0. The van der Waals surface area contributed by atoms with Crippen molar-refractivity contribution >= 4 is 5.82 Å². The van der Waals surface area contributed by atoms with Crippen molar-refractivity contribution in [3.8, 4) is 23.4 Å². The maximum absolute atomic E-state index is 9.06. The zero-order chi connectivity index (χ0) is 14.4. The molecule has 0 amide bonds. The van der Waals surface area contributed by atoms with Crippen LogP contribution in [0.25, 0.3) is 0 Å². The molecule has 0 saturated carbocycles. The third-order valence-corrected chi connectivity index (χ3v) is 2.53. The summed E-state index contributed by atoms with van der Waals surface area (Å²) in [4.78, 5) is 8.15. The molecular weight excluding hydrogens is 256 g/mol. The number of nitriles is 1. The molecule has 1 heterocycles. The number of methoxy groups -OCH3 is 1. The first-order valence-electron chi connectivity index (χ1n) is 6.10. The van der Waals surface area contributed by atoms with E-state index in [0.29, 0.717) is 29.4 Å². The normalized spacial score (nSPS) is 9.65. The minimum absolute atomic E-state index is 0.265. The van der Waals surface area contributed by atoms with E-state index in [4.69, 9.17) is 14.7 Å². The molecule has 0 saturated heterocycles. The van der Waals surface area contributed by atoms with Gasteiger partial charge in [0.2, 0.25) is 5.75 Å². The maximum Gasteiger partial charge on any atom is 0.268 e. The van der Waals surface area contributed by atoms with Gasteiger partial charge in [-0.15, -0.1) is 0 Å². The van der Waals surface area contributed by atoms with Crippen LogP contribution in [-0.2, 0) is 0 Å². The first kappa shape index (κ1) is 13.6. The standard InChI is InChI=1S/C14H14N4O2/c1-3-16-13-12(19-2)14(18-9-17-13)20-11-7-5-4-6-10(11)8-15/h4-7,9H,3H2,1-2H3,(H,16,17,18). The maximum atomic E-state index is 9.06. The monoisotopic (exact) mass is 270 g/mol. The van der Waals surface area contributed by atoms with Gasteiger partial charge in [0, 0.05) is 6.54 Å². The van der Waals surface area contributed by atoms with Gasteiger partial charge in [0.05, 0.1) is 12.7 Å². The van der Waals surface area contributed by atoms with Gasteiger partial charge in [-0.1, -0.05) is 12.1 Å². The third-order valence-electron chi connectivity index (χ3n) is 2.53. The van der Waals surface area contributed by atoms with E-state index in [9.17, 15) is 0 Å². The Labute approximate surface area is 117 Å². The van der Waals surface area contributed by atoms with E-state index in [-0.39, 0.29) is 5.88 Å². The first-order valence-corrected chi connectivity index (χ1v) is 6.10. The van der Waals surface area contributed by atoms with E-state index >= 15 is 0 Å². The minimum Gasteiger partial charge on any atom is -0.489 e. The van der Waals surface area contributed by atoms with Gasteiger partial charge in [-0.25, -0.2) is 4.98 Å². The van der Waals surface area contributed by atoms with Crippen molar-refractivity contribution in [2.45, 2.75) is 6.92 Å². The Hall–Kier alpha value is -2.81. The Kier molecular flexibility index (Phi) is 4.35. The van der Waals surface area contributed by atoms with Gasteiger partial charge in [0.15, 0.2) is 5.82 Å². The van der Waals surface area contributed by atoms with Crippen molar-refractivity contribution in [3.63, 3.8) is 0 Å². The van der Waals surface area contributed by atoms with Crippen molar-refractivity contribution in [3.05, 3.63) is 36.2 Å². The molecule has 0 aliphatic carbocycles. The molecule has 0 unspecified atom stereocenters. The summed E-state index contributed by atoms with van der Waals surface area (Å²) in [6.07, 6.45) is 1.38. The highest BCUT2D eigenvalue weighted by molar-refractivity contribution is 5.56. The zero-order valence-corrected chi connectivity index (χ0v) is 11.3. The van der Waals surface area contributed by atoms with Crippen molar-refractivity contribution in [2.24, 2.45) is 0 Å². The second-order valence-corrected chi connectivity index (χ2v) is 3.80. The van der Waals surface area contributed by atoms with E-state index in [2.05, 4.69) is 21.4 Å². The number of nitrogens with one attached hydrogen (secondary N) is 1. The fourth-order valence-corrected chi connectivity index (χ4v) is 1.66. The lowest BCUT2D eigenvalue weighted by molar-refractivity contribution is 0.368. The quantitative estimate of drug-likeness (QED) is 0.899. The fraction of sp³-hybridized carbons (Fsp3) is 0.214. The number of anilines is 1. The number of aromatic nitrogens is 2. The zero-order valence-electron chi connectivity index (χ0n) is 11.3. The predicted molar refractivity (Wildman–Crippen MR) is 74.0 cm³/mol. The van der Waals surface area contributed by atoms with Crippen LogP contribution in [0.1, 0.15) is 12.5 Å². The van der Waals surface area contributed by atoms with Crippen LogP contribution in [0.3, 0.4) is 0 Å². The summed E-state index contributed by atoms with van der Waals surface area (Å²) in [6, 6.07) is 9.00. The lowest BCUT2D eigenvalue weighted by atomic mass is 10.2. The topological polar surface area (TPSA) is 80.1 Å². The number of hydrogen-bond acceptors (Lipinski definition) is 6. The molecule has 6 heteroatoms. The van der Waals surface area contributed by atoms with Gasteiger partial charge in [0.1, 0.15) is 18.1 Å². The van der Waals surface area contributed by atoms with Crippen molar-refractivity contribution < 1.29 is 9.47 Å². The molecular formula is C14H14N4O2. The van der Waals surface area contributed by atoms with Crippen LogP contribution < -0.4 is 14.8 Å². The number of nitrogens with zero attached hydrogens (tertiary/aromatic N) is 3. The van der Waals surface area contributed by atoms with Gasteiger partial charge in [0.25, 0.3) is 5.88 Å². The number of benzene rings is 1. The summed E-state index contributed by atoms with van der Waals surface area (Å²) >= 11 is 0. The average molecular weight is 270 g/mol. The fourth-order valence-electron chi connectivity index (χ4n) is 1.66.